The molecule has 24 heteroatoms. The van der Waals surface area contributed by atoms with Gasteiger partial charge in [-0.2, -0.15) is 0 Å². The summed E-state index contributed by atoms with van der Waals surface area (Å²) in [6, 6.07) is 96.9. The van der Waals surface area contributed by atoms with Crippen molar-refractivity contribution in [1.82, 2.24) is 0 Å². The zero-order valence-corrected chi connectivity index (χ0v) is 85.9. The van der Waals surface area contributed by atoms with Gasteiger partial charge in [-0.1, -0.05) is 194 Å². The summed E-state index contributed by atoms with van der Waals surface area (Å²) in [5.74, 6) is 2.72. The number of nitrogens with one attached hydrogen (secondary N) is 4. The summed E-state index contributed by atoms with van der Waals surface area (Å²) >= 11 is 0. The van der Waals surface area contributed by atoms with E-state index in [1.54, 1.807) is 28.4 Å². The third kappa shape index (κ3) is 29.9. The predicted octanol–water partition coefficient (Wildman–Crippen LogP) is 22.3. The molecule has 16 aromatic carbocycles. The number of fused-ring (bicyclic) bond motifs is 16. The fourth-order valence-electron chi connectivity index (χ4n) is 19.5. The number of ether oxygens (including phenoxy) is 20. The highest BCUT2D eigenvalue weighted by atomic mass is 16.6. The maximum absolute atomic E-state index is 7.63. The van der Waals surface area contributed by atoms with Gasteiger partial charge in [-0.3, -0.25) is 0 Å². The van der Waals surface area contributed by atoms with Crippen molar-refractivity contribution < 1.29 is 94.7 Å². The topological polar surface area (TPSA) is 233 Å². The number of hydrogen-bond acceptors (Lipinski definition) is 24. The Labute approximate surface area is 868 Å². The van der Waals surface area contributed by atoms with Crippen molar-refractivity contribution in [3.05, 3.63) is 334 Å². The lowest BCUT2D eigenvalue weighted by Crippen LogP contribution is -2.17. The second-order valence-corrected chi connectivity index (χ2v) is 36.5. The molecule has 0 unspecified atom stereocenters. The largest absolute Gasteiger partial charge is 0.491 e. The Balaban J connectivity index is 0.867. The van der Waals surface area contributed by atoms with Gasteiger partial charge in [0.25, 0.3) is 0 Å². The zero-order chi connectivity index (χ0) is 101. The van der Waals surface area contributed by atoms with Crippen molar-refractivity contribution >= 4 is 109 Å². The van der Waals surface area contributed by atoms with Crippen LogP contribution in [0.5, 0.6) is 23.0 Å². The number of benzene rings is 16. The van der Waals surface area contributed by atoms with E-state index in [1.165, 1.54) is 22.3 Å². The van der Waals surface area contributed by atoms with E-state index in [0.717, 1.165) is 153 Å². The highest BCUT2D eigenvalue weighted by Gasteiger charge is 2.28. The Kier molecular flexibility index (Phi) is 41.6. The molecular weight excluding hydrogens is 1870 g/mol. The van der Waals surface area contributed by atoms with Crippen LogP contribution < -0.4 is 40.2 Å². The Morgan fingerprint density at radius 1 is 0.162 bits per heavy atom. The number of anilines is 4. The third-order valence-corrected chi connectivity index (χ3v) is 26.5. The predicted molar refractivity (Wildman–Crippen MR) is 591 cm³/mol. The van der Waals surface area contributed by atoms with Crippen LogP contribution in [-0.2, 0) is 128 Å². The molecule has 0 saturated heterocycles. The van der Waals surface area contributed by atoms with Gasteiger partial charge in [0.2, 0.25) is 0 Å². The van der Waals surface area contributed by atoms with Crippen LogP contribution in [0.25, 0.3) is 86.2 Å². The molecule has 0 aromatic heterocycles. The first-order chi connectivity index (χ1) is 73.3. The number of rotatable bonds is 64. The van der Waals surface area contributed by atoms with Crippen molar-refractivity contribution in [3.63, 3.8) is 0 Å². The maximum atomic E-state index is 7.63. The molecule has 24 nitrogen and oxygen atoms in total. The first kappa shape index (κ1) is 107. The molecule has 8 bridgehead atoms. The molecule has 0 spiro atoms. The van der Waals surface area contributed by atoms with Gasteiger partial charge in [0.05, 0.1) is 185 Å². The van der Waals surface area contributed by atoms with E-state index in [2.05, 4.69) is 288 Å². The van der Waals surface area contributed by atoms with E-state index in [1.807, 2.05) is 0 Å². The third-order valence-electron chi connectivity index (χ3n) is 26.5. The normalized spacial score (nSPS) is 12.1. The molecule has 0 amide bonds. The highest BCUT2D eigenvalue weighted by molar-refractivity contribution is 6.06. The van der Waals surface area contributed by atoms with Crippen molar-refractivity contribution in [3.8, 4) is 23.0 Å². The Morgan fingerprint density at radius 3 is 0.446 bits per heavy atom. The first-order valence-corrected chi connectivity index (χ1v) is 51.9. The maximum Gasteiger partial charge on any atom is 0.126 e. The van der Waals surface area contributed by atoms with Crippen molar-refractivity contribution in [2.45, 2.75) is 51.9 Å². The van der Waals surface area contributed by atoms with E-state index in [-0.39, 0.29) is 52.9 Å². The van der Waals surface area contributed by atoms with Crippen LogP contribution in [0.3, 0.4) is 0 Å². The number of hydrogen-bond donors (Lipinski definition) is 4. The molecule has 4 N–H and O–H groups in total. The lowest BCUT2D eigenvalue weighted by atomic mass is 9.89. The van der Waals surface area contributed by atoms with Crippen LogP contribution in [0.4, 0.5) is 22.7 Å². The summed E-state index contributed by atoms with van der Waals surface area (Å²) in [5.41, 5.74) is 15.3. The van der Waals surface area contributed by atoms with Crippen LogP contribution in [0.1, 0.15) is 66.8 Å². The van der Waals surface area contributed by atoms with Gasteiger partial charge in [-0.05, 0) is 181 Å². The molecule has 776 valence electrons. The van der Waals surface area contributed by atoms with Gasteiger partial charge in [0.15, 0.2) is 0 Å². The van der Waals surface area contributed by atoms with Crippen LogP contribution in [0.15, 0.2) is 267 Å². The van der Waals surface area contributed by atoms with E-state index in [4.69, 9.17) is 94.7 Å². The molecule has 1 aliphatic rings. The van der Waals surface area contributed by atoms with E-state index < -0.39 is 0 Å². The minimum atomic E-state index is 0.178. The average Bonchev–Trinajstić information content (AvgIpc) is 0.761. The second-order valence-electron chi connectivity index (χ2n) is 36.5. The first-order valence-electron chi connectivity index (χ1n) is 51.9. The molecule has 0 fully saturated rings. The quantitative estimate of drug-likeness (QED) is 0.0205. The van der Waals surface area contributed by atoms with Crippen molar-refractivity contribution in [1.29, 1.82) is 0 Å². The fourth-order valence-corrected chi connectivity index (χ4v) is 19.5. The van der Waals surface area contributed by atoms with Gasteiger partial charge in [0.1, 0.15) is 49.4 Å². The highest BCUT2D eigenvalue weighted by Crippen LogP contribution is 2.46. The van der Waals surface area contributed by atoms with E-state index >= 15 is 0 Å². The molecule has 0 heterocycles. The van der Waals surface area contributed by atoms with Gasteiger partial charge >= 0.3 is 0 Å². The molecule has 0 aliphatic heterocycles. The van der Waals surface area contributed by atoms with Crippen LogP contribution in [-0.4, -0.2) is 240 Å². The molecule has 0 atom stereocenters. The standard InChI is InChI=1S/C124H140N4O20/c1-129-37-41-133-45-49-137-53-57-141-61-65-145-121-97-73-99-79-106(126-86-118-111-31-15-7-23-91(111)70-92-24-8-16-32-112(92)118)81-101(122(99)146-66-62-142-58-54-138-50-46-134-42-38-130-2)75-103-83-108(128-88-120-115-35-19-11-27-95(115)72-96-28-12-20-36-116(96)120)84-104(124(103)148-68-64-144-60-56-140-52-48-136-44-40-132-4)76-102-82-107(127-87-119-113-33-17-9-25-93(113)71-94-26-10-18-34-114(94)119)80-100(123(102)147-67-63-143-59-55-139-51-47-135-43-39-131-3)74-98(121)78-105(77-97)125-85-117-109-29-13-5-21-89(109)69-90-22-6-14-30-110(90)117/h5-36,69-72,77-84,125-128H,37-68,73-76,85-88H2,1-4H3. The Morgan fingerprint density at radius 2 is 0.297 bits per heavy atom. The fraction of sp³-hybridized carbons (Fsp3) is 0.355. The molecular formula is C124H140N4O20. The number of methoxy groups -OCH3 is 4. The molecule has 0 radical (unpaired) electrons. The summed E-state index contributed by atoms with van der Waals surface area (Å²) in [7, 11) is 6.66. The van der Waals surface area contributed by atoms with Crippen LogP contribution >= 0.6 is 0 Å². The van der Waals surface area contributed by atoms with Crippen LogP contribution in [0.2, 0.25) is 0 Å². The molecule has 17 rings (SSSR count). The molecule has 0 saturated carbocycles. The Hall–Kier alpha value is -12.6. The van der Waals surface area contributed by atoms with Gasteiger partial charge < -0.3 is 116 Å². The SMILES string of the molecule is COCCOCCOCCOCCOc1c2cc(NCc3c4ccccc4cc4ccccc34)cc1Cc1cc(NCc3c4ccccc4cc4ccccc34)cc(c1OCCOCCOCCOCCOC)Cc1cc(NCc3c4ccccc4cc4ccccc34)cc(c1OCCOCCOCCOCCOC)Cc1cc(NCc3c4ccccc4cc4ccccc34)cc(c1OCCOCCOCCOCCOC)C2. The smallest absolute Gasteiger partial charge is 0.126 e. The van der Waals surface area contributed by atoms with Gasteiger partial charge in [-0.15, -0.1) is 0 Å². The van der Waals surface area contributed by atoms with Crippen molar-refractivity contribution in [2.75, 3.05) is 261 Å². The average molecular weight is 2010 g/mol. The molecule has 16 aromatic rings. The van der Waals surface area contributed by atoms with E-state index in [9.17, 15) is 0 Å². The summed E-state index contributed by atoms with van der Waals surface area (Å²) < 4.78 is 125. The summed E-state index contributed by atoms with van der Waals surface area (Å²) in [6.45, 7) is 13.7. The molecule has 1 aliphatic carbocycles. The van der Waals surface area contributed by atoms with Crippen molar-refractivity contribution in [2.24, 2.45) is 0 Å². The summed E-state index contributed by atoms with van der Waals surface area (Å²) in [4.78, 5) is 0. The summed E-state index contributed by atoms with van der Waals surface area (Å²) in [6.07, 6.45) is 1.17. The van der Waals surface area contributed by atoms with E-state index in [0.29, 0.717) is 233 Å². The lowest BCUT2D eigenvalue weighted by molar-refractivity contribution is 0.0000229. The zero-order valence-electron chi connectivity index (χ0n) is 85.9. The summed E-state index contributed by atoms with van der Waals surface area (Å²) in [5, 5.41) is 35.0. The monoisotopic (exact) mass is 2010 g/mol. The van der Waals surface area contributed by atoms with Crippen LogP contribution in [0, 0.1) is 0 Å². The van der Waals surface area contributed by atoms with Gasteiger partial charge in [0, 0.05) is 148 Å². The Bertz CT molecular complexity index is 5800. The minimum Gasteiger partial charge on any atom is -0.491 e. The lowest BCUT2D eigenvalue weighted by Gasteiger charge is -2.26. The second kappa shape index (κ2) is 57.8. The van der Waals surface area contributed by atoms with Gasteiger partial charge in [-0.25, -0.2) is 0 Å². The molecule has 148 heavy (non-hydrogen) atoms. The minimum absolute atomic E-state index is 0.178.